The Labute approximate surface area is 121 Å². The summed E-state index contributed by atoms with van der Waals surface area (Å²) in [5.74, 6) is -2.98. The Morgan fingerprint density at radius 3 is 2.76 bits per heavy atom. The molecule has 4 atom stereocenters. The van der Waals surface area contributed by atoms with E-state index in [1.165, 1.54) is 0 Å². The van der Waals surface area contributed by atoms with Gasteiger partial charge in [-0.2, -0.15) is 0 Å². The lowest BCUT2D eigenvalue weighted by Gasteiger charge is -2.24. The molecule has 108 valence electrons. The molecule has 1 spiro atoms. The zero-order valence-electron chi connectivity index (χ0n) is 11.5. The second kappa shape index (κ2) is 3.95. The predicted molar refractivity (Wildman–Crippen MR) is 72.3 cm³/mol. The number of carboxylic acid groups (broad SMARTS) is 1. The van der Waals surface area contributed by atoms with Crippen LogP contribution in [0.1, 0.15) is 5.56 Å². The van der Waals surface area contributed by atoms with Gasteiger partial charge < -0.3 is 19.5 Å². The fourth-order valence-electron chi connectivity index (χ4n) is 3.71. The van der Waals surface area contributed by atoms with E-state index in [2.05, 4.69) is 0 Å². The molecular formula is C16H14NO4-. The van der Waals surface area contributed by atoms with Crippen molar-refractivity contribution in [3.05, 3.63) is 42.0 Å². The number of carbonyl (C=O) groups is 2. The number of fused-ring (bicyclic) bond motifs is 1. The number of hydrogen-bond acceptors (Lipinski definition) is 4. The second-order valence-corrected chi connectivity index (χ2v) is 5.98. The molecule has 2 bridgehead atoms. The fraction of sp³-hybridized carbons (Fsp3) is 0.375. The summed E-state index contributed by atoms with van der Waals surface area (Å²) < 4.78 is 5.81. The smallest absolute Gasteiger partial charge is 0.234 e. The van der Waals surface area contributed by atoms with Crippen molar-refractivity contribution in [1.29, 1.82) is 0 Å². The molecule has 3 aliphatic heterocycles. The number of carbonyl (C=O) groups excluding carboxylic acids is 2. The molecule has 1 aromatic carbocycles. The minimum Gasteiger partial charge on any atom is -0.550 e. The number of benzene rings is 1. The Hall–Kier alpha value is -2.14. The SMILES string of the molecule is Cc1ccc(N2C[C@@]34C=C[C@@H](O3)[C@@H](C(=O)[O-])[C@H]4C2=O)cc1. The second-order valence-electron chi connectivity index (χ2n) is 5.98. The molecule has 0 saturated carbocycles. The third-order valence-electron chi connectivity index (χ3n) is 4.72. The van der Waals surface area contributed by atoms with E-state index in [0.717, 1.165) is 11.3 Å². The molecule has 0 aliphatic carbocycles. The molecule has 2 saturated heterocycles. The third-order valence-corrected chi connectivity index (χ3v) is 4.72. The van der Waals surface area contributed by atoms with Crippen molar-refractivity contribution in [2.24, 2.45) is 11.8 Å². The summed E-state index contributed by atoms with van der Waals surface area (Å²) in [5.41, 5.74) is 1.07. The van der Waals surface area contributed by atoms with Crippen LogP contribution in [0.25, 0.3) is 0 Å². The van der Waals surface area contributed by atoms with Gasteiger partial charge in [0.05, 0.1) is 18.6 Å². The number of amides is 1. The van der Waals surface area contributed by atoms with E-state index in [0.29, 0.717) is 6.54 Å². The van der Waals surface area contributed by atoms with Gasteiger partial charge in [-0.3, -0.25) is 4.79 Å². The van der Waals surface area contributed by atoms with Crippen LogP contribution in [-0.2, 0) is 14.3 Å². The number of nitrogens with zero attached hydrogens (tertiary/aromatic N) is 1. The third kappa shape index (κ3) is 1.55. The minimum absolute atomic E-state index is 0.195. The standard InChI is InChI=1S/C16H15NO4/c1-9-2-4-10(5-3-9)17-8-16-7-6-11(21-16)12(15(19)20)13(16)14(17)18/h2-7,11-13H,8H2,1H3,(H,19,20)/p-1/t11-,12-,13+,16-/m1/s1. The maximum Gasteiger partial charge on any atom is 0.234 e. The summed E-state index contributed by atoms with van der Waals surface area (Å²) >= 11 is 0. The minimum atomic E-state index is -1.21. The summed E-state index contributed by atoms with van der Waals surface area (Å²) in [7, 11) is 0. The summed E-state index contributed by atoms with van der Waals surface area (Å²) in [6.07, 6.45) is 3.04. The molecular weight excluding hydrogens is 270 g/mol. The van der Waals surface area contributed by atoms with Gasteiger partial charge in [0.15, 0.2) is 0 Å². The van der Waals surface area contributed by atoms with Crippen molar-refractivity contribution in [3.63, 3.8) is 0 Å². The lowest BCUT2D eigenvalue weighted by atomic mass is 9.77. The first kappa shape index (κ1) is 12.6. The molecule has 0 unspecified atom stereocenters. The zero-order valence-corrected chi connectivity index (χ0v) is 11.5. The topological polar surface area (TPSA) is 69.7 Å². The maximum absolute atomic E-state index is 12.7. The number of aliphatic carboxylic acids is 1. The first-order valence-electron chi connectivity index (χ1n) is 6.98. The van der Waals surface area contributed by atoms with E-state index in [1.807, 2.05) is 37.3 Å². The molecule has 3 heterocycles. The largest absolute Gasteiger partial charge is 0.550 e. The first-order valence-corrected chi connectivity index (χ1v) is 6.98. The number of hydrogen-bond donors (Lipinski definition) is 0. The Kier molecular flexibility index (Phi) is 2.37. The summed E-state index contributed by atoms with van der Waals surface area (Å²) in [6.45, 7) is 2.33. The molecule has 5 nitrogen and oxygen atoms in total. The highest BCUT2D eigenvalue weighted by Gasteiger charge is 2.65. The molecule has 3 aliphatic rings. The van der Waals surface area contributed by atoms with Gasteiger partial charge in [-0.1, -0.05) is 29.8 Å². The summed E-state index contributed by atoms with van der Waals surface area (Å²) in [4.78, 5) is 25.7. The zero-order chi connectivity index (χ0) is 14.8. The van der Waals surface area contributed by atoms with Crippen LogP contribution in [0.15, 0.2) is 36.4 Å². The van der Waals surface area contributed by atoms with E-state index in [-0.39, 0.29) is 5.91 Å². The Morgan fingerprint density at radius 2 is 2.10 bits per heavy atom. The molecule has 21 heavy (non-hydrogen) atoms. The van der Waals surface area contributed by atoms with Crippen molar-refractivity contribution in [3.8, 4) is 0 Å². The summed E-state index contributed by atoms with van der Waals surface area (Å²) in [5, 5.41) is 11.4. The fourth-order valence-corrected chi connectivity index (χ4v) is 3.71. The highest BCUT2D eigenvalue weighted by atomic mass is 16.5. The maximum atomic E-state index is 12.7. The van der Waals surface area contributed by atoms with Crippen LogP contribution in [0.3, 0.4) is 0 Å². The lowest BCUT2D eigenvalue weighted by Crippen LogP contribution is -2.45. The number of aryl methyl sites for hydroxylation is 1. The molecule has 0 radical (unpaired) electrons. The van der Waals surface area contributed by atoms with Gasteiger partial charge in [0.25, 0.3) is 0 Å². The van der Waals surface area contributed by atoms with Gasteiger partial charge in [-0.05, 0) is 19.1 Å². The molecule has 2 fully saturated rings. The molecule has 5 heteroatoms. The van der Waals surface area contributed by atoms with E-state index >= 15 is 0 Å². The van der Waals surface area contributed by atoms with Crippen LogP contribution in [0.5, 0.6) is 0 Å². The number of rotatable bonds is 2. The molecule has 4 rings (SSSR count). The monoisotopic (exact) mass is 284 g/mol. The number of carboxylic acids is 1. The lowest BCUT2D eigenvalue weighted by molar-refractivity contribution is -0.313. The van der Waals surface area contributed by atoms with Gasteiger partial charge in [0.2, 0.25) is 5.91 Å². The average Bonchev–Trinajstić information content (AvgIpc) is 3.08. The Bertz CT molecular complexity index is 665. The predicted octanol–water partition coefficient (Wildman–Crippen LogP) is 0.0313. The van der Waals surface area contributed by atoms with Crippen LogP contribution in [-0.4, -0.2) is 30.1 Å². The number of anilines is 1. The van der Waals surface area contributed by atoms with Gasteiger partial charge in [0, 0.05) is 17.6 Å². The summed E-state index contributed by atoms with van der Waals surface area (Å²) in [6, 6.07) is 7.60. The van der Waals surface area contributed by atoms with Crippen LogP contribution >= 0.6 is 0 Å². The van der Waals surface area contributed by atoms with Crippen LogP contribution in [0.2, 0.25) is 0 Å². The number of ether oxygens (including phenoxy) is 1. The molecule has 1 aromatic rings. The molecule has 1 amide bonds. The normalized spacial score (nSPS) is 36.3. The first-order chi connectivity index (χ1) is 10.0. The Balaban J connectivity index is 1.73. The van der Waals surface area contributed by atoms with Crippen LogP contribution in [0.4, 0.5) is 5.69 Å². The van der Waals surface area contributed by atoms with Crippen LogP contribution < -0.4 is 10.0 Å². The quantitative estimate of drug-likeness (QED) is 0.719. The van der Waals surface area contributed by atoms with Crippen molar-refractivity contribution < 1.29 is 19.4 Å². The van der Waals surface area contributed by atoms with Crippen molar-refractivity contribution in [1.82, 2.24) is 0 Å². The highest BCUT2D eigenvalue weighted by Crippen LogP contribution is 2.52. The Morgan fingerprint density at radius 1 is 1.38 bits per heavy atom. The van der Waals surface area contributed by atoms with Crippen LogP contribution in [0, 0.1) is 18.8 Å². The van der Waals surface area contributed by atoms with E-state index in [4.69, 9.17) is 4.74 Å². The van der Waals surface area contributed by atoms with Gasteiger partial charge in [-0.25, -0.2) is 0 Å². The van der Waals surface area contributed by atoms with Crippen molar-refractivity contribution in [2.75, 3.05) is 11.4 Å². The molecule has 0 aromatic heterocycles. The van der Waals surface area contributed by atoms with Gasteiger partial charge in [0.1, 0.15) is 5.60 Å². The van der Waals surface area contributed by atoms with Gasteiger partial charge in [-0.15, -0.1) is 0 Å². The van der Waals surface area contributed by atoms with Crippen molar-refractivity contribution >= 4 is 17.6 Å². The van der Waals surface area contributed by atoms with E-state index in [9.17, 15) is 14.7 Å². The van der Waals surface area contributed by atoms with Crippen molar-refractivity contribution in [2.45, 2.75) is 18.6 Å². The van der Waals surface area contributed by atoms with E-state index in [1.54, 1.807) is 11.0 Å². The van der Waals surface area contributed by atoms with Gasteiger partial charge >= 0.3 is 0 Å². The molecule has 0 N–H and O–H groups in total. The average molecular weight is 284 g/mol. The van der Waals surface area contributed by atoms with E-state index < -0.39 is 29.5 Å². The highest BCUT2D eigenvalue weighted by molar-refractivity contribution is 6.02.